The lowest BCUT2D eigenvalue weighted by molar-refractivity contribution is -0.135. The lowest BCUT2D eigenvalue weighted by Gasteiger charge is -2.09. The van der Waals surface area contributed by atoms with Gasteiger partial charge >= 0.3 is 6.18 Å². The summed E-state index contributed by atoms with van der Waals surface area (Å²) in [5, 5.41) is 0. The van der Waals surface area contributed by atoms with Gasteiger partial charge in [0.2, 0.25) is 0 Å². The topological polar surface area (TPSA) is 17.8 Å². The van der Waals surface area contributed by atoms with Crippen LogP contribution in [0.1, 0.15) is 18.7 Å². The van der Waals surface area contributed by atoms with E-state index in [1.807, 2.05) is 18.2 Å². The van der Waals surface area contributed by atoms with E-state index in [2.05, 4.69) is 27.6 Å². The number of rotatable bonds is 4. The van der Waals surface area contributed by atoms with E-state index >= 15 is 0 Å². The number of halogens is 5. The molecule has 0 bridgehead atoms. The number of imidazole rings is 1. The van der Waals surface area contributed by atoms with Crippen molar-refractivity contribution in [2.75, 3.05) is 0 Å². The van der Waals surface area contributed by atoms with Gasteiger partial charge in [0.15, 0.2) is 0 Å². The fourth-order valence-electron chi connectivity index (χ4n) is 1.94. The number of hydrogen-bond acceptors (Lipinski definition) is 1. The van der Waals surface area contributed by atoms with Gasteiger partial charge in [-0.05, 0) is 47.2 Å². The van der Waals surface area contributed by atoms with Crippen LogP contribution in [0, 0.1) is 3.57 Å². The summed E-state index contributed by atoms with van der Waals surface area (Å²) in [6, 6.07) is 5.67. The zero-order valence-electron chi connectivity index (χ0n) is 9.84. The summed E-state index contributed by atoms with van der Waals surface area (Å²) >= 11 is 7.97. The maximum absolute atomic E-state index is 12.2. The average Bonchev–Trinajstić information content (AvgIpc) is 2.65. The molecule has 19 heavy (non-hydrogen) atoms. The van der Waals surface area contributed by atoms with Gasteiger partial charge in [0.1, 0.15) is 5.82 Å². The largest absolute Gasteiger partial charge is 0.389 e. The Balaban J connectivity index is 2.25. The molecular weight excluding hydrogens is 391 g/mol. The monoisotopic (exact) mass is 402 g/mol. The second-order valence-electron chi connectivity index (χ2n) is 4.17. The van der Waals surface area contributed by atoms with E-state index in [-0.39, 0.29) is 18.8 Å². The Hall–Kier alpha value is -0.500. The van der Waals surface area contributed by atoms with Crippen molar-refractivity contribution in [3.8, 4) is 0 Å². The lowest BCUT2D eigenvalue weighted by Crippen LogP contribution is -2.10. The Bertz CT molecular complexity index is 580. The van der Waals surface area contributed by atoms with Crippen LogP contribution >= 0.6 is 34.2 Å². The molecular formula is C12H11ClF3IN2. The second kappa shape index (κ2) is 5.87. The highest BCUT2D eigenvalue weighted by atomic mass is 127. The fraction of sp³-hybridized carbons (Fsp3) is 0.417. The van der Waals surface area contributed by atoms with Gasteiger partial charge in [-0.3, -0.25) is 0 Å². The molecule has 1 aromatic carbocycles. The van der Waals surface area contributed by atoms with E-state index in [9.17, 15) is 13.2 Å². The van der Waals surface area contributed by atoms with E-state index in [4.69, 9.17) is 11.6 Å². The molecule has 2 nitrogen and oxygen atoms in total. The van der Waals surface area contributed by atoms with Crippen molar-refractivity contribution in [3.63, 3.8) is 0 Å². The third-order valence-corrected chi connectivity index (χ3v) is 3.66. The van der Waals surface area contributed by atoms with E-state index in [1.165, 1.54) is 0 Å². The van der Waals surface area contributed by atoms with Crippen molar-refractivity contribution in [3.05, 3.63) is 27.6 Å². The number of hydrogen-bond donors (Lipinski definition) is 0. The normalized spacial score (nSPS) is 12.3. The van der Waals surface area contributed by atoms with E-state index in [1.54, 1.807) is 4.57 Å². The standard InChI is InChI=1S/C12H11ClF3IN2/c13-7-11-18-9-6-8(17)2-3-10(9)19(11)5-1-4-12(14,15)16/h2-3,6H,1,4-5,7H2. The molecule has 0 radical (unpaired) electrons. The van der Waals surface area contributed by atoms with Crippen LogP contribution in [-0.4, -0.2) is 15.7 Å². The van der Waals surface area contributed by atoms with Gasteiger partial charge in [-0.1, -0.05) is 0 Å². The summed E-state index contributed by atoms with van der Waals surface area (Å²) in [4.78, 5) is 4.35. The third-order valence-electron chi connectivity index (χ3n) is 2.75. The summed E-state index contributed by atoms with van der Waals surface area (Å²) in [7, 11) is 0. The lowest BCUT2D eigenvalue weighted by atomic mass is 10.3. The van der Waals surface area contributed by atoms with Crippen LogP contribution in [0.25, 0.3) is 11.0 Å². The molecule has 2 aromatic rings. The minimum Gasteiger partial charge on any atom is -0.327 e. The molecule has 0 aliphatic heterocycles. The van der Waals surface area contributed by atoms with E-state index in [0.717, 1.165) is 14.6 Å². The van der Waals surface area contributed by atoms with Crippen molar-refractivity contribution in [1.82, 2.24) is 9.55 Å². The average molecular weight is 403 g/mol. The van der Waals surface area contributed by atoms with Crippen molar-refractivity contribution in [2.24, 2.45) is 0 Å². The van der Waals surface area contributed by atoms with E-state index < -0.39 is 12.6 Å². The molecule has 0 aliphatic rings. The highest BCUT2D eigenvalue weighted by Gasteiger charge is 2.26. The smallest absolute Gasteiger partial charge is 0.327 e. The Kier molecular flexibility index (Phi) is 4.60. The molecule has 2 rings (SSSR count). The predicted molar refractivity (Wildman–Crippen MR) is 77.3 cm³/mol. The summed E-state index contributed by atoms with van der Waals surface area (Å²) in [5.41, 5.74) is 1.60. The van der Waals surface area contributed by atoms with Gasteiger partial charge in [-0.15, -0.1) is 11.6 Å². The molecule has 104 valence electrons. The van der Waals surface area contributed by atoms with Gasteiger partial charge in [0.05, 0.1) is 16.9 Å². The van der Waals surface area contributed by atoms with Crippen LogP contribution in [0.15, 0.2) is 18.2 Å². The van der Waals surface area contributed by atoms with Gasteiger partial charge in [0.25, 0.3) is 0 Å². The van der Waals surface area contributed by atoms with Crippen molar-refractivity contribution < 1.29 is 13.2 Å². The quantitative estimate of drug-likeness (QED) is 0.534. The first-order valence-electron chi connectivity index (χ1n) is 5.68. The molecule has 0 spiro atoms. The number of benzene rings is 1. The first kappa shape index (κ1) is 14.9. The van der Waals surface area contributed by atoms with Crippen LogP contribution in [-0.2, 0) is 12.4 Å². The van der Waals surface area contributed by atoms with E-state index in [0.29, 0.717) is 5.82 Å². The fourth-order valence-corrected chi connectivity index (χ4v) is 2.62. The van der Waals surface area contributed by atoms with Crippen molar-refractivity contribution >= 4 is 45.2 Å². The molecule has 0 unspecified atom stereocenters. The molecule has 0 N–H and O–H groups in total. The Morgan fingerprint density at radius 3 is 2.68 bits per heavy atom. The van der Waals surface area contributed by atoms with Gasteiger partial charge in [-0.25, -0.2) is 4.98 Å². The molecule has 0 aliphatic carbocycles. The number of fused-ring (bicyclic) bond motifs is 1. The van der Waals surface area contributed by atoms with Crippen LogP contribution in [0.2, 0.25) is 0 Å². The highest BCUT2D eigenvalue weighted by molar-refractivity contribution is 14.1. The second-order valence-corrected chi connectivity index (χ2v) is 5.68. The molecule has 7 heteroatoms. The van der Waals surface area contributed by atoms with Gasteiger partial charge < -0.3 is 4.57 Å². The summed E-state index contributed by atoms with van der Waals surface area (Å²) < 4.78 is 39.3. The van der Waals surface area contributed by atoms with Crippen LogP contribution in [0.5, 0.6) is 0 Å². The molecule has 0 amide bonds. The highest BCUT2D eigenvalue weighted by Crippen LogP contribution is 2.24. The number of aryl methyl sites for hydroxylation is 1. The van der Waals surface area contributed by atoms with Gasteiger partial charge in [0, 0.05) is 16.5 Å². The molecule has 0 saturated carbocycles. The Labute approximate surface area is 127 Å². The zero-order valence-corrected chi connectivity index (χ0v) is 12.8. The predicted octanol–water partition coefficient (Wildman–Crippen LogP) is 4.72. The van der Waals surface area contributed by atoms with Crippen LogP contribution in [0.4, 0.5) is 13.2 Å². The number of aromatic nitrogens is 2. The number of nitrogens with zero attached hydrogens (tertiary/aromatic N) is 2. The molecule has 1 heterocycles. The zero-order chi connectivity index (χ0) is 14.0. The minimum absolute atomic E-state index is 0.0326. The summed E-state index contributed by atoms with van der Waals surface area (Å²) in [5.74, 6) is 0.804. The minimum atomic E-state index is -4.12. The maximum Gasteiger partial charge on any atom is 0.389 e. The van der Waals surface area contributed by atoms with Crippen molar-refractivity contribution in [2.45, 2.75) is 31.4 Å². The van der Waals surface area contributed by atoms with Crippen LogP contribution < -0.4 is 0 Å². The maximum atomic E-state index is 12.2. The summed E-state index contributed by atoms with van der Waals surface area (Å²) in [6.45, 7) is 0.276. The van der Waals surface area contributed by atoms with Crippen LogP contribution in [0.3, 0.4) is 0 Å². The third kappa shape index (κ3) is 3.75. The molecule has 0 fully saturated rings. The molecule has 0 atom stereocenters. The first-order chi connectivity index (χ1) is 8.90. The van der Waals surface area contributed by atoms with Crippen molar-refractivity contribution in [1.29, 1.82) is 0 Å². The Morgan fingerprint density at radius 1 is 1.32 bits per heavy atom. The summed E-state index contributed by atoms with van der Waals surface area (Å²) in [6.07, 6.45) is -4.88. The van der Waals surface area contributed by atoms with Gasteiger partial charge in [-0.2, -0.15) is 13.2 Å². The Morgan fingerprint density at radius 2 is 2.05 bits per heavy atom. The first-order valence-corrected chi connectivity index (χ1v) is 7.29. The molecule has 1 aromatic heterocycles. The SMILES string of the molecule is FC(F)(F)CCCn1c(CCl)nc2cc(I)ccc21. The number of alkyl halides is 4. The molecule has 0 saturated heterocycles.